The van der Waals surface area contributed by atoms with Crippen molar-refractivity contribution in [3.05, 3.63) is 89.5 Å². The number of nitrogens with zero attached hydrogens (tertiary/aromatic N) is 1. The van der Waals surface area contributed by atoms with Crippen molar-refractivity contribution < 1.29 is 19.1 Å². The number of esters is 1. The van der Waals surface area contributed by atoms with Gasteiger partial charge >= 0.3 is 5.97 Å². The highest BCUT2D eigenvalue weighted by Gasteiger charge is 2.38. The lowest BCUT2D eigenvalue weighted by Crippen LogP contribution is -2.43. The Kier molecular flexibility index (Phi) is 4.74. The van der Waals surface area contributed by atoms with Crippen LogP contribution in [0.15, 0.2) is 72.8 Å². The van der Waals surface area contributed by atoms with Crippen LogP contribution in [-0.4, -0.2) is 24.0 Å². The molecule has 3 aromatic carbocycles. The molecule has 2 aliphatic rings. The second-order valence-corrected chi connectivity index (χ2v) is 8.08. The van der Waals surface area contributed by atoms with Crippen molar-refractivity contribution >= 4 is 17.6 Å². The summed E-state index contributed by atoms with van der Waals surface area (Å²) in [6, 6.07) is 22.8. The molecular weight excluding hydrogens is 390 g/mol. The molecule has 0 saturated heterocycles. The molecule has 0 saturated carbocycles. The Morgan fingerprint density at radius 3 is 2.19 bits per heavy atom. The highest BCUT2D eigenvalue weighted by atomic mass is 16.5. The van der Waals surface area contributed by atoms with Crippen LogP contribution in [0.5, 0.6) is 11.5 Å². The number of rotatable bonds is 3. The number of amides is 1. The Bertz CT molecular complexity index is 1130. The third kappa shape index (κ3) is 3.26. The lowest BCUT2D eigenvalue weighted by molar-refractivity contribution is -0.154. The predicted octanol–water partition coefficient (Wildman–Crippen LogP) is 4.83. The summed E-state index contributed by atoms with van der Waals surface area (Å²) in [5.74, 6) is -0.0447. The van der Waals surface area contributed by atoms with Crippen molar-refractivity contribution in [3.8, 4) is 11.5 Å². The molecule has 0 radical (unpaired) electrons. The van der Waals surface area contributed by atoms with Gasteiger partial charge in [0.1, 0.15) is 17.4 Å². The summed E-state index contributed by atoms with van der Waals surface area (Å²) in [7, 11) is 0. The molecular formula is C26H23NO4. The first kappa shape index (κ1) is 19.4. The minimum Gasteiger partial charge on any atom is -0.457 e. The zero-order chi connectivity index (χ0) is 21.5. The van der Waals surface area contributed by atoms with E-state index in [-0.39, 0.29) is 11.9 Å². The molecule has 5 nitrogen and oxygen atoms in total. The van der Waals surface area contributed by atoms with Crippen LogP contribution in [0.3, 0.4) is 0 Å². The summed E-state index contributed by atoms with van der Waals surface area (Å²) in [5, 5.41) is 0. The summed E-state index contributed by atoms with van der Waals surface area (Å²) in [4.78, 5) is 28.3. The number of benzene rings is 3. The van der Waals surface area contributed by atoms with Crippen LogP contribution in [0.4, 0.5) is 5.69 Å². The number of carbonyl (C=O) groups excluding carboxylic acids is 2. The maximum absolute atomic E-state index is 13.3. The minimum absolute atomic E-state index is 0.0237. The van der Waals surface area contributed by atoms with Gasteiger partial charge in [-0.25, -0.2) is 0 Å². The van der Waals surface area contributed by atoms with Crippen LogP contribution in [-0.2, 0) is 20.7 Å². The van der Waals surface area contributed by atoms with Gasteiger partial charge in [-0.3, -0.25) is 9.59 Å². The van der Waals surface area contributed by atoms with Crippen molar-refractivity contribution in [2.24, 2.45) is 0 Å². The van der Waals surface area contributed by atoms with E-state index < -0.39 is 18.0 Å². The summed E-state index contributed by atoms with van der Waals surface area (Å²) in [5.41, 5.74) is 3.51. The quantitative estimate of drug-likeness (QED) is 0.577. The zero-order valence-corrected chi connectivity index (χ0v) is 17.4. The Morgan fingerprint density at radius 2 is 1.52 bits per heavy atom. The zero-order valence-electron chi connectivity index (χ0n) is 17.4. The Morgan fingerprint density at radius 1 is 0.935 bits per heavy atom. The highest BCUT2D eigenvalue weighted by molar-refractivity contribution is 6.00. The number of hydrogen-bond donors (Lipinski definition) is 0. The summed E-state index contributed by atoms with van der Waals surface area (Å²) >= 11 is 0. The fourth-order valence-corrected chi connectivity index (χ4v) is 4.55. The normalized spacial score (nSPS) is 17.7. The summed E-state index contributed by atoms with van der Waals surface area (Å²) in [6.45, 7) is 3.66. The van der Waals surface area contributed by atoms with Crippen molar-refractivity contribution in [1.82, 2.24) is 0 Å². The fraction of sp³-hybridized carbons (Fsp3) is 0.231. The summed E-state index contributed by atoms with van der Waals surface area (Å²) in [6.07, 6.45) is -0.105. The van der Waals surface area contributed by atoms with Gasteiger partial charge in [0.2, 0.25) is 0 Å². The Hall–Kier alpha value is -3.60. The van der Waals surface area contributed by atoms with Gasteiger partial charge in [-0.15, -0.1) is 0 Å². The van der Waals surface area contributed by atoms with Gasteiger partial charge in [-0.05, 0) is 44.0 Å². The second kappa shape index (κ2) is 7.58. The molecule has 2 aliphatic heterocycles. The van der Waals surface area contributed by atoms with E-state index >= 15 is 0 Å². The first-order valence-electron chi connectivity index (χ1n) is 10.5. The molecule has 2 heterocycles. The van der Waals surface area contributed by atoms with Gasteiger partial charge in [-0.1, -0.05) is 54.6 Å². The van der Waals surface area contributed by atoms with Gasteiger partial charge in [-0.2, -0.15) is 0 Å². The van der Waals surface area contributed by atoms with Crippen molar-refractivity contribution in [2.75, 3.05) is 4.90 Å². The van der Waals surface area contributed by atoms with Crippen LogP contribution < -0.4 is 9.64 Å². The molecule has 0 fully saturated rings. The topological polar surface area (TPSA) is 55.8 Å². The first-order valence-corrected chi connectivity index (χ1v) is 10.5. The van der Waals surface area contributed by atoms with Gasteiger partial charge in [0.15, 0.2) is 6.10 Å². The molecule has 0 aliphatic carbocycles. The average molecular weight is 413 g/mol. The van der Waals surface area contributed by atoms with Crippen LogP contribution in [0, 0.1) is 0 Å². The molecule has 0 spiro atoms. The lowest BCUT2D eigenvalue weighted by Gasteiger charge is -2.29. The SMILES string of the molecule is C[C@H](OC(=O)C1c2ccccc2Oc2ccccc21)C(=O)N1c2ccccc2C[C@H]1C. The molecule has 0 unspecified atom stereocenters. The van der Waals surface area contributed by atoms with E-state index in [2.05, 4.69) is 0 Å². The van der Waals surface area contributed by atoms with E-state index in [1.807, 2.05) is 79.7 Å². The van der Waals surface area contributed by atoms with Crippen LogP contribution in [0.25, 0.3) is 0 Å². The second-order valence-electron chi connectivity index (χ2n) is 8.08. The van der Waals surface area contributed by atoms with Gasteiger partial charge < -0.3 is 14.4 Å². The maximum atomic E-state index is 13.3. The van der Waals surface area contributed by atoms with E-state index in [1.165, 1.54) is 0 Å². The molecule has 0 bridgehead atoms. The maximum Gasteiger partial charge on any atom is 0.318 e. The average Bonchev–Trinajstić information content (AvgIpc) is 3.12. The van der Waals surface area contributed by atoms with Crippen molar-refractivity contribution in [1.29, 1.82) is 0 Å². The van der Waals surface area contributed by atoms with E-state index in [9.17, 15) is 9.59 Å². The third-order valence-electron chi connectivity index (χ3n) is 6.00. The van der Waals surface area contributed by atoms with Crippen LogP contribution >= 0.6 is 0 Å². The van der Waals surface area contributed by atoms with Gasteiger partial charge in [0, 0.05) is 22.9 Å². The molecule has 156 valence electrons. The van der Waals surface area contributed by atoms with Gasteiger partial charge in [0.05, 0.1) is 0 Å². The lowest BCUT2D eigenvalue weighted by atomic mass is 9.88. The molecule has 1 amide bonds. The molecule has 0 N–H and O–H groups in total. The van der Waals surface area contributed by atoms with Crippen molar-refractivity contribution in [3.63, 3.8) is 0 Å². The van der Waals surface area contributed by atoms with Crippen molar-refractivity contribution in [2.45, 2.75) is 38.3 Å². The fourth-order valence-electron chi connectivity index (χ4n) is 4.55. The monoisotopic (exact) mass is 413 g/mol. The summed E-state index contributed by atoms with van der Waals surface area (Å²) < 4.78 is 11.7. The first-order chi connectivity index (χ1) is 15.0. The molecule has 2 atom stereocenters. The highest BCUT2D eigenvalue weighted by Crippen LogP contribution is 2.44. The van der Waals surface area contributed by atoms with E-state index in [0.29, 0.717) is 11.5 Å². The number of fused-ring (bicyclic) bond motifs is 3. The largest absolute Gasteiger partial charge is 0.457 e. The van der Waals surface area contributed by atoms with E-state index in [1.54, 1.807) is 11.8 Å². The van der Waals surface area contributed by atoms with Crippen LogP contribution in [0.1, 0.15) is 36.5 Å². The standard InChI is InChI=1S/C26H23NO4/c1-16-15-18-9-3-6-12-21(18)27(16)25(28)17(2)30-26(29)24-19-10-4-7-13-22(19)31-23-14-8-5-11-20(23)24/h3-14,16-17,24H,15H2,1-2H3/t16-,17+/m1/s1. The van der Waals surface area contributed by atoms with E-state index in [4.69, 9.17) is 9.47 Å². The number of para-hydroxylation sites is 3. The number of ether oxygens (including phenoxy) is 2. The minimum atomic E-state index is -0.900. The Labute approximate surface area is 181 Å². The smallest absolute Gasteiger partial charge is 0.318 e. The molecule has 3 aromatic rings. The molecule has 5 rings (SSSR count). The number of hydrogen-bond acceptors (Lipinski definition) is 4. The molecule has 31 heavy (non-hydrogen) atoms. The number of carbonyl (C=O) groups is 2. The third-order valence-corrected chi connectivity index (χ3v) is 6.00. The molecule has 0 aromatic heterocycles. The predicted molar refractivity (Wildman–Crippen MR) is 117 cm³/mol. The van der Waals surface area contributed by atoms with Crippen LogP contribution in [0.2, 0.25) is 0 Å². The van der Waals surface area contributed by atoms with Gasteiger partial charge in [0.25, 0.3) is 5.91 Å². The Balaban J connectivity index is 1.41. The number of anilines is 1. The molecule has 5 heteroatoms. The van der Waals surface area contributed by atoms with E-state index in [0.717, 1.165) is 28.8 Å².